The largest absolute Gasteiger partial charge is 0.363 e. The van der Waals surface area contributed by atoms with Gasteiger partial charge in [-0.3, -0.25) is 4.79 Å². The number of hydrogen-bond donors (Lipinski definition) is 0. The van der Waals surface area contributed by atoms with Crippen molar-refractivity contribution >= 4 is 27.4 Å². The van der Waals surface area contributed by atoms with Crippen molar-refractivity contribution in [2.45, 2.75) is 23.1 Å². The first kappa shape index (κ1) is 18.1. The maximum absolute atomic E-state index is 12.1. The van der Waals surface area contributed by atoms with Crippen LogP contribution in [-0.4, -0.2) is 25.5 Å². The first-order valence-corrected chi connectivity index (χ1v) is 12.3. The smallest absolute Gasteiger partial charge is 0.218 e. The molecule has 1 atom stereocenters. The third kappa shape index (κ3) is 3.24. The fourth-order valence-electron chi connectivity index (χ4n) is 3.84. The summed E-state index contributed by atoms with van der Waals surface area (Å²) in [4.78, 5) is 12.1. The Morgan fingerprint density at radius 2 is 1.22 bits per heavy atom. The second kappa shape index (κ2) is 7.75. The quantitative estimate of drug-likeness (QED) is 0.354. The molecule has 3 aromatic rings. The molecule has 1 saturated heterocycles. The Balaban J connectivity index is 1.91. The van der Waals surface area contributed by atoms with Crippen molar-refractivity contribution in [1.29, 1.82) is 0 Å². The van der Waals surface area contributed by atoms with Crippen LogP contribution in [-0.2, 0) is 9.54 Å². The highest BCUT2D eigenvalue weighted by Gasteiger charge is 2.45. The third-order valence-corrected chi connectivity index (χ3v) is 8.71. The van der Waals surface area contributed by atoms with Gasteiger partial charge < -0.3 is 4.57 Å². The Kier molecular flexibility index (Phi) is 5.19. The topological polar surface area (TPSA) is 20.3 Å². The lowest BCUT2D eigenvalue weighted by molar-refractivity contribution is -0.134. The average molecular weight is 390 g/mol. The summed E-state index contributed by atoms with van der Waals surface area (Å²) in [6.45, 7) is 2.19. The van der Waals surface area contributed by atoms with Crippen LogP contribution in [0.4, 0.5) is 0 Å². The molecule has 1 heterocycles. The SMILES string of the molecule is C[SiH2]N1C(=O)CC1SC(c1ccccc1)(c1ccccc1)c1ccccc1. The van der Waals surface area contributed by atoms with Gasteiger partial charge in [0.05, 0.1) is 16.5 Å². The van der Waals surface area contributed by atoms with Gasteiger partial charge in [-0.15, -0.1) is 11.8 Å². The predicted octanol–water partition coefficient (Wildman–Crippen LogP) is 4.40. The van der Waals surface area contributed by atoms with E-state index in [4.69, 9.17) is 0 Å². The third-order valence-electron chi connectivity index (χ3n) is 5.21. The summed E-state index contributed by atoms with van der Waals surface area (Å²) in [5.41, 5.74) is 3.76. The Hall–Kier alpha value is -2.30. The van der Waals surface area contributed by atoms with Crippen LogP contribution in [0.2, 0.25) is 6.55 Å². The van der Waals surface area contributed by atoms with Crippen molar-refractivity contribution in [2.24, 2.45) is 0 Å². The molecule has 1 amide bonds. The summed E-state index contributed by atoms with van der Waals surface area (Å²) in [5.74, 6) is 0.310. The van der Waals surface area contributed by atoms with E-state index in [1.807, 2.05) is 11.8 Å². The lowest BCUT2D eigenvalue weighted by Gasteiger charge is -2.46. The number of β-lactam (4-membered cyclic amide) rings is 1. The van der Waals surface area contributed by atoms with Crippen LogP contribution in [0.3, 0.4) is 0 Å². The van der Waals surface area contributed by atoms with E-state index in [2.05, 4.69) is 102 Å². The highest BCUT2D eigenvalue weighted by molar-refractivity contribution is 8.01. The summed E-state index contributed by atoms with van der Waals surface area (Å²) < 4.78 is 1.78. The molecule has 136 valence electrons. The summed E-state index contributed by atoms with van der Waals surface area (Å²) >= 11 is 1.91. The van der Waals surface area contributed by atoms with Crippen LogP contribution in [0.15, 0.2) is 91.0 Å². The molecule has 4 heteroatoms. The summed E-state index contributed by atoms with van der Waals surface area (Å²) in [6, 6.07) is 32.1. The minimum absolute atomic E-state index is 0.245. The van der Waals surface area contributed by atoms with E-state index >= 15 is 0 Å². The second-order valence-electron chi connectivity index (χ2n) is 6.74. The lowest BCUT2D eigenvalue weighted by Crippen LogP contribution is -2.53. The standard InChI is InChI=1S/C23H23NOSSi/c1-27-24-21(25)17-22(24)26-23(18-11-5-2-6-12-18,19-13-7-3-8-14-19)20-15-9-4-10-16-20/h2-16,22H,17,27H2,1H3. The zero-order chi connectivity index (χ0) is 18.7. The summed E-state index contributed by atoms with van der Waals surface area (Å²) in [6.07, 6.45) is 0.639. The maximum atomic E-state index is 12.1. The molecule has 0 N–H and O–H groups in total. The van der Waals surface area contributed by atoms with E-state index in [1.165, 1.54) is 16.7 Å². The molecule has 1 aliphatic heterocycles. The molecule has 0 saturated carbocycles. The van der Waals surface area contributed by atoms with Gasteiger partial charge in [0.1, 0.15) is 9.68 Å². The van der Waals surface area contributed by atoms with Crippen molar-refractivity contribution in [2.75, 3.05) is 0 Å². The highest BCUT2D eigenvalue weighted by atomic mass is 32.2. The molecule has 3 aromatic carbocycles. The zero-order valence-corrected chi connectivity index (χ0v) is 17.6. The van der Waals surface area contributed by atoms with E-state index in [0.717, 1.165) is 0 Å². The van der Waals surface area contributed by atoms with Gasteiger partial charge in [-0.1, -0.05) is 97.5 Å². The number of benzene rings is 3. The molecule has 1 aliphatic rings. The van der Waals surface area contributed by atoms with Gasteiger partial charge in [0.2, 0.25) is 5.91 Å². The van der Waals surface area contributed by atoms with Crippen LogP contribution in [0.5, 0.6) is 0 Å². The molecule has 0 aromatic heterocycles. The van der Waals surface area contributed by atoms with E-state index in [0.29, 0.717) is 12.3 Å². The van der Waals surface area contributed by atoms with Gasteiger partial charge >= 0.3 is 0 Å². The molecule has 0 spiro atoms. The zero-order valence-electron chi connectivity index (χ0n) is 15.4. The monoisotopic (exact) mass is 389 g/mol. The minimum Gasteiger partial charge on any atom is -0.363 e. The molecular weight excluding hydrogens is 366 g/mol. The van der Waals surface area contributed by atoms with E-state index in [1.54, 1.807) is 0 Å². The highest BCUT2D eigenvalue weighted by Crippen LogP contribution is 2.52. The average Bonchev–Trinajstić information content (AvgIpc) is 2.73. The normalized spacial score (nSPS) is 17.3. The van der Waals surface area contributed by atoms with Crippen molar-refractivity contribution in [3.05, 3.63) is 108 Å². The number of rotatable bonds is 6. The van der Waals surface area contributed by atoms with Crippen LogP contribution in [0.25, 0.3) is 0 Å². The van der Waals surface area contributed by atoms with Gasteiger partial charge in [0.25, 0.3) is 0 Å². The van der Waals surface area contributed by atoms with Gasteiger partial charge in [-0.25, -0.2) is 0 Å². The Labute approximate surface area is 167 Å². The number of carbonyl (C=O) groups excluding carboxylic acids is 1. The second-order valence-corrected chi connectivity index (χ2v) is 9.44. The van der Waals surface area contributed by atoms with E-state index in [-0.39, 0.29) is 10.1 Å². The molecule has 4 rings (SSSR count). The molecular formula is C23H23NOSSi. The van der Waals surface area contributed by atoms with Gasteiger partial charge in [0, 0.05) is 0 Å². The first-order chi connectivity index (χ1) is 13.3. The minimum atomic E-state index is -0.515. The van der Waals surface area contributed by atoms with E-state index < -0.39 is 9.68 Å². The summed E-state index contributed by atoms with van der Waals surface area (Å²) in [5, 5.41) is 0.245. The fraction of sp³-hybridized carbons (Fsp3) is 0.174. The number of carbonyl (C=O) groups is 1. The number of amides is 1. The maximum Gasteiger partial charge on any atom is 0.218 e. The number of nitrogens with zero attached hydrogens (tertiary/aromatic N) is 1. The first-order valence-electron chi connectivity index (χ1n) is 9.39. The van der Waals surface area contributed by atoms with Crippen molar-refractivity contribution in [1.82, 2.24) is 4.57 Å². The number of thioether (sulfide) groups is 1. The van der Waals surface area contributed by atoms with Crippen molar-refractivity contribution < 1.29 is 4.79 Å². The lowest BCUT2D eigenvalue weighted by atomic mass is 9.84. The number of hydrogen-bond acceptors (Lipinski definition) is 2. The summed E-state index contributed by atoms with van der Waals surface area (Å²) in [7, 11) is -0.515. The predicted molar refractivity (Wildman–Crippen MR) is 116 cm³/mol. The molecule has 2 nitrogen and oxygen atoms in total. The molecule has 1 unspecified atom stereocenters. The molecule has 0 bridgehead atoms. The Morgan fingerprint density at radius 1 is 0.815 bits per heavy atom. The van der Waals surface area contributed by atoms with Crippen molar-refractivity contribution in [3.8, 4) is 0 Å². The Morgan fingerprint density at radius 3 is 1.56 bits per heavy atom. The van der Waals surface area contributed by atoms with Crippen LogP contribution in [0, 0.1) is 0 Å². The van der Waals surface area contributed by atoms with Gasteiger partial charge in [0.15, 0.2) is 0 Å². The van der Waals surface area contributed by atoms with E-state index in [9.17, 15) is 4.79 Å². The molecule has 27 heavy (non-hydrogen) atoms. The molecule has 0 radical (unpaired) electrons. The molecule has 0 aliphatic carbocycles. The van der Waals surface area contributed by atoms with Crippen LogP contribution < -0.4 is 0 Å². The Bertz CT molecular complexity index is 805. The van der Waals surface area contributed by atoms with Gasteiger partial charge in [-0.05, 0) is 16.7 Å². The van der Waals surface area contributed by atoms with Gasteiger partial charge in [-0.2, -0.15) is 0 Å². The molecule has 1 fully saturated rings. The van der Waals surface area contributed by atoms with Crippen molar-refractivity contribution in [3.63, 3.8) is 0 Å². The van der Waals surface area contributed by atoms with Crippen LogP contribution >= 0.6 is 11.8 Å². The fourth-order valence-corrected chi connectivity index (χ4v) is 7.22. The van der Waals surface area contributed by atoms with Crippen LogP contribution in [0.1, 0.15) is 23.1 Å².